The van der Waals surface area contributed by atoms with Gasteiger partial charge in [0.25, 0.3) is 0 Å². The highest BCUT2D eigenvalue weighted by atomic mass is 32.2. The summed E-state index contributed by atoms with van der Waals surface area (Å²) in [5, 5.41) is 10.2. The molecule has 1 saturated heterocycles. The van der Waals surface area contributed by atoms with Crippen LogP contribution in [0, 0.1) is 24.2 Å². The molecule has 1 aliphatic rings. The molecule has 0 spiro atoms. The van der Waals surface area contributed by atoms with Gasteiger partial charge < -0.3 is 9.80 Å². The van der Waals surface area contributed by atoms with Crippen LogP contribution in [0.1, 0.15) is 37.8 Å². The third-order valence-corrected chi connectivity index (χ3v) is 8.28. The minimum atomic E-state index is -0.417. The van der Waals surface area contributed by atoms with Gasteiger partial charge in [0.15, 0.2) is 0 Å². The number of nitrogens with zero attached hydrogens (tertiary/aromatic N) is 4. The summed E-state index contributed by atoms with van der Waals surface area (Å²) in [5.74, 6) is 1.43. The van der Waals surface area contributed by atoms with Gasteiger partial charge in [0.2, 0.25) is 0 Å². The number of rotatable bonds is 11. The first kappa shape index (κ1) is 26.6. The van der Waals surface area contributed by atoms with Gasteiger partial charge in [0.05, 0.1) is 11.5 Å². The Morgan fingerprint density at radius 3 is 2.06 bits per heavy atom. The van der Waals surface area contributed by atoms with Crippen molar-refractivity contribution >= 4 is 17.4 Å². The van der Waals surface area contributed by atoms with E-state index in [1.165, 1.54) is 16.1 Å². The van der Waals surface area contributed by atoms with Crippen LogP contribution in [0.3, 0.4) is 0 Å². The fraction of sp³-hybridized carbons (Fsp3) is 0.552. The van der Waals surface area contributed by atoms with Gasteiger partial charge in [-0.3, -0.25) is 4.90 Å². The van der Waals surface area contributed by atoms with Crippen LogP contribution in [-0.2, 0) is 5.41 Å². The second kappa shape index (κ2) is 12.6. The molecule has 0 aliphatic carbocycles. The molecule has 5 heteroatoms. The predicted octanol–water partition coefficient (Wildman–Crippen LogP) is 5.67. The molecule has 1 atom stereocenters. The third-order valence-electron chi connectivity index (χ3n) is 7.29. The molecule has 34 heavy (non-hydrogen) atoms. The second-order valence-electron chi connectivity index (χ2n) is 10.1. The number of hydrogen-bond acceptors (Lipinski definition) is 5. The summed E-state index contributed by atoms with van der Waals surface area (Å²) in [7, 11) is 4.11. The van der Waals surface area contributed by atoms with Crippen molar-refractivity contribution in [2.24, 2.45) is 5.92 Å². The molecule has 0 aromatic heterocycles. The Morgan fingerprint density at radius 2 is 1.53 bits per heavy atom. The molecule has 3 rings (SSSR count). The molecule has 2 aromatic rings. The number of thioether (sulfide) groups is 1. The van der Waals surface area contributed by atoms with E-state index in [0.717, 1.165) is 63.4 Å². The van der Waals surface area contributed by atoms with Crippen molar-refractivity contribution in [1.82, 2.24) is 9.80 Å². The zero-order valence-electron chi connectivity index (χ0n) is 21.8. The maximum absolute atomic E-state index is 10.2. The number of hydrogen-bond donors (Lipinski definition) is 0. The molecule has 0 amide bonds. The zero-order chi connectivity index (χ0) is 24.6. The van der Waals surface area contributed by atoms with Crippen LogP contribution in [0.25, 0.3) is 0 Å². The largest absolute Gasteiger partial charge is 0.378 e. The smallest absolute Gasteiger partial charge is 0.0845 e. The van der Waals surface area contributed by atoms with Gasteiger partial charge in [0.1, 0.15) is 0 Å². The SMILES string of the molecule is Cc1ccc(SCCN2CCN(CCCC(C#N)(c3ccc(N(C)C)cc3)C(C)C)CC2)cc1. The molecule has 2 aromatic carbocycles. The molecule has 1 aliphatic heterocycles. The standard InChI is InChI=1S/C29H42N4S/c1-24(2)29(23-30,26-9-11-27(12-10-26)31(4)5)15-6-16-32-17-19-33(20-18-32)21-22-34-28-13-7-25(3)8-14-28/h7-14,24H,6,15-22H2,1-5H3. The van der Waals surface area contributed by atoms with Crippen LogP contribution in [0.15, 0.2) is 53.4 Å². The third kappa shape index (κ3) is 7.01. The summed E-state index contributed by atoms with van der Waals surface area (Å²) < 4.78 is 0. The van der Waals surface area contributed by atoms with Crippen LogP contribution in [0.5, 0.6) is 0 Å². The molecule has 0 saturated carbocycles. The fourth-order valence-corrected chi connectivity index (χ4v) is 5.73. The average Bonchev–Trinajstić information content (AvgIpc) is 2.84. The summed E-state index contributed by atoms with van der Waals surface area (Å²) in [6.45, 7) is 13.3. The molecule has 1 fully saturated rings. The molecule has 184 valence electrons. The zero-order valence-corrected chi connectivity index (χ0v) is 22.6. The normalized spacial score (nSPS) is 16.9. The highest BCUT2D eigenvalue weighted by Crippen LogP contribution is 2.37. The number of piperazine rings is 1. The van der Waals surface area contributed by atoms with E-state index in [2.05, 4.69) is 104 Å². The minimum Gasteiger partial charge on any atom is -0.378 e. The first-order valence-corrected chi connectivity index (χ1v) is 13.7. The number of benzene rings is 2. The molecule has 1 unspecified atom stereocenters. The van der Waals surface area contributed by atoms with E-state index in [1.807, 2.05) is 11.8 Å². The lowest BCUT2D eigenvalue weighted by Gasteiger charge is -2.36. The van der Waals surface area contributed by atoms with Gasteiger partial charge in [-0.2, -0.15) is 5.26 Å². The summed E-state index contributed by atoms with van der Waals surface area (Å²) in [4.78, 5) is 8.65. The van der Waals surface area contributed by atoms with Gasteiger partial charge in [0, 0.05) is 63.2 Å². The van der Waals surface area contributed by atoms with Crippen molar-refractivity contribution in [3.05, 3.63) is 59.7 Å². The van der Waals surface area contributed by atoms with E-state index in [4.69, 9.17) is 0 Å². The van der Waals surface area contributed by atoms with E-state index >= 15 is 0 Å². The lowest BCUT2D eigenvalue weighted by molar-refractivity contribution is 0.134. The maximum Gasteiger partial charge on any atom is 0.0845 e. The summed E-state index contributed by atoms with van der Waals surface area (Å²) >= 11 is 1.96. The van der Waals surface area contributed by atoms with Crippen molar-refractivity contribution in [2.75, 3.05) is 64.0 Å². The second-order valence-corrected chi connectivity index (χ2v) is 11.3. The molecular weight excluding hydrogens is 436 g/mol. The lowest BCUT2D eigenvalue weighted by atomic mass is 9.70. The molecule has 0 radical (unpaired) electrons. The minimum absolute atomic E-state index is 0.283. The Morgan fingerprint density at radius 1 is 0.941 bits per heavy atom. The average molecular weight is 479 g/mol. The Bertz CT molecular complexity index is 909. The Kier molecular flexibility index (Phi) is 9.88. The molecule has 0 N–H and O–H groups in total. The van der Waals surface area contributed by atoms with Crippen molar-refractivity contribution < 1.29 is 0 Å². The van der Waals surface area contributed by atoms with E-state index in [-0.39, 0.29) is 5.92 Å². The Labute approximate surface area is 211 Å². The monoisotopic (exact) mass is 478 g/mol. The van der Waals surface area contributed by atoms with E-state index < -0.39 is 5.41 Å². The van der Waals surface area contributed by atoms with Crippen LogP contribution in [0.4, 0.5) is 5.69 Å². The highest BCUT2D eigenvalue weighted by Gasteiger charge is 2.35. The quantitative estimate of drug-likeness (QED) is 0.389. The van der Waals surface area contributed by atoms with Crippen molar-refractivity contribution in [3.8, 4) is 6.07 Å². The van der Waals surface area contributed by atoms with E-state index in [9.17, 15) is 5.26 Å². The van der Waals surface area contributed by atoms with Gasteiger partial charge >= 0.3 is 0 Å². The Hall–Kier alpha value is -2.00. The molecular formula is C29H42N4S. The van der Waals surface area contributed by atoms with E-state index in [1.54, 1.807) is 0 Å². The van der Waals surface area contributed by atoms with Crippen LogP contribution < -0.4 is 4.90 Å². The fourth-order valence-electron chi connectivity index (χ4n) is 4.82. The molecule has 1 heterocycles. The van der Waals surface area contributed by atoms with Gasteiger partial charge in [-0.25, -0.2) is 0 Å². The first-order valence-electron chi connectivity index (χ1n) is 12.7. The molecule has 4 nitrogen and oxygen atoms in total. The van der Waals surface area contributed by atoms with Crippen LogP contribution >= 0.6 is 11.8 Å². The predicted molar refractivity (Wildman–Crippen MR) is 147 cm³/mol. The lowest BCUT2D eigenvalue weighted by Crippen LogP contribution is -2.47. The van der Waals surface area contributed by atoms with Gasteiger partial charge in [-0.1, -0.05) is 43.7 Å². The van der Waals surface area contributed by atoms with Crippen molar-refractivity contribution in [2.45, 2.75) is 43.9 Å². The summed E-state index contributed by atoms with van der Waals surface area (Å²) in [5.41, 5.74) is 3.24. The van der Waals surface area contributed by atoms with E-state index in [0.29, 0.717) is 0 Å². The molecule has 0 bridgehead atoms. The summed E-state index contributed by atoms with van der Waals surface area (Å²) in [6.07, 6.45) is 1.97. The highest BCUT2D eigenvalue weighted by molar-refractivity contribution is 7.99. The number of nitriles is 1. The number of aryl methyl sites for hydroxylation is 1. The number of anilines is 1. The summed E-state index contributed by atoms with van der Waals surface area (Å²) in [6, 6.07) is 20.2. The topological polar surface area (TPSA) is 33.5 Å². The van der Waals surface area contributed by atoms with Crippen LogP contribution in [-0.4, -0.2) is 68.9 Å². The van der Waals surface area contributed by atoms with Gasteiger partial charge in [-0.15, -0.1) is 11.8 Å². The first-order chi connectivity index (χ1) is 16.3. The van der Waals surface area contributed by atoms with Gasteiger partial charge in [-0.05, 0) is 62.1 Å². The maximum atomic E-state index is 10.2. The van der Waals surface area contributed by atoms with Crippen LogP contribution in [0.2, 0.25) is 0 Å². The van der Waals surface area contributed by atoms with Crippen molar-refractivity contribution in [1.29, 1.82) is 5.26 Å². The Balaban J connectivity index is 1.44. The van der Waals surface area contributed by atoms with Crippen molar-refractivity contribution in [3.63, 3.8) is 0 Å².